The Morgan fingerprint density at radius 3 is 2.29 bits per heavy atom. The summed E-state index contributed by atoms with van der Waals surface area (Å²) < 4.78 is 10.8. The predicted molar refractivity (Wildman–Crippen MR) is 68.0 cm³/mol. The fraction of sp³-hybridized carbons (Fsp3) is 0.154. The topological polar surface area (TPSA) is 35.5 Å². The summed E-state index contributed by atoms with van der Waals surface area (Å²) in [7, 11) is 0. The third kappa shape index (κ3) is 3.96. The Kier molecular flexibility index (Phi) is 5.30. The van der Waals surface area contributed by atoms with Crippen LogP contribution in [0.4, 0.5) is 0 Å². The molecule has 0 heterocycles. The Labute approximate surface area is 105 Å². The van der Waals surface area contributed by atoms with Crippen molar-refractivity contribution in [1.29, 1.82) is 0 Å². The van der Waals surface area contributed by atoms with Crippen LogP contribution in [0, 0.1) is 0 Å². The second kappa shape index (κ2) is 6.76. The Morgan fingerprint density at radius 1 is 1.18 bits per heavy atom. The summed E-state index contributed by atoms with van der Waals surface area (Å²) in [6, 6.07) is 4.75. The van der Waals surface area contributed by atoms with Crippen molar-refractivity contribution in [3.05, 3.63) is 49.1 Å². The quantitative estimate of drug-likeness (QED) is 0.552. The zero-order valence-corrected chi connectivity index (χ0v) is 10.1. The SMILES string of the molecule is C=CCOc1ccc(C(=O)Cl)cc1OCC=C. The first-order valence-electron chi connectivity index (χ1n) is 5.00. The molecule has 0 radical (unpaired) electrons. The van der Waals surface area contributed by atoms with Gasteiger partial charge in [0.2, 0.25) is 0 Å². The van der Waals surface area contributed by atoms with Gasteiger partial charge in [0.1, 0.15) is 13.2 Å². The first kappa shape index (κ1) is 13.3. The molecule has 0 aliphatic rings. The van der Waals surface area contributed by atoms with Crippen LogP contribution >= 0.6 is 11.6 Å². The number of halogens is 1. The van der Waals surface area contributed by atoms with Gasteiger partial charge < -0.3 is 9.47 Å². The van der Waals surface area contributed by atoms with Crippen LogP contribution in [0.1, 0.15) is 10.4 Å². The molecule has 0 aliphatic heterocycles. The highest BCUT2D eigenvalue weighted by molar-refractivity contribution is 6.67. The van der Waals surface area contributed by atoms with Gasteiger partial charge in [0, 0.05) is 5.56 Å². The standard InChI is InChI=1S/C13H13ClO3/c1-3-7-16-11-6-5-10(13(14)15)9-12(11)17-8-4-2/h3-6,9H,1-2,7-8H2. The highest BCUT2D eigenvalue weighted by atomic mass is 35.5. The van der Waals surface area contributed by atoms with Crippen LogP contribution in [0.15, 0.2) is 43.5 Å². The summed E-state index contributed by atoms with van der Waals surface area (Å²) in [6.45, 7) is 7.79. The number of hydrogen-bond acceptors (Lipinski definition) is 3. The highest BCUT2D eigenvalue weighted by Crippen LogP contribution is 2.29. The predicted octanol–water partition coefficient (Wildman–Crippen LogP) is 3.20. The molecule has 0 spiro atoms. The molecule has 0 saturated carbocycles. The monoisotopic (exact) mass is 252 g/mol. The van der Waals surface area contributed by atoms with Crippen LogP contribution < -0.4 is 9.47 Å². The molecule has 90 valence electrons. The van der Waals surface area contributed by atoms with E-state index in [9.17, 15) is 4.79 Å². The molecule has 1 rings (SSSR count). The lowest BCUT2D eigenvalue weighted by atomic mass is 10.2. The molecule has 0 aliphatic carbocycles. The molecule has 0 bridgehead atoms. The van der Waals surface area contributed by atoms with Gasteiger partial charge in [-0.3, -0.25) is 4.79 Å². The maximum atomic E-state index is 11.0. The van der Waals surface area contributed by atoms with Crippen LogP contribution in [0.25, 0.3) is 0 Å². The average Bonchev–Trinajstić information content (AvgIpc) is 2.34. The minimum Gasteiger partial charge on any atom is -0.486 e. The third-order valence-electron chi connectivity index (χ3n) is 1.88. The lowest BCUT2D eigenvalue weighted by molar-refractivity contribution is 0.108. The Hall–Kier alpha value is -1.74. The first-order valence-corrected chi connectivity index (χ1v) is 5.38. The van der Waals surface area contributed by atoms with Crippen molar-refractivity contribution < 1.29 is 14.3 Å². The van der Waals surface area contributed by atoms with Gasteiger partial charge in [0.15, 0.2) is 11.5 Å². The molecule has 0 saturated heterocycles. The van der Waals surface area contributed by atoms with Gasteiger partial charge in [-0.05, 0) is 29.8 Å². The molecule has 0 aromatic heterocycles. The van der Waals surface area contributed by atoms with E-state index < -0.39 is 5.24 Å². The molecule has 17 heavy (non-hydrogen) atoms. The minimum absolute atomic E-state index is 0.324. The van der Waals surface area contributed by atoms with E-state index in [-0.39, 0.29) is 0 Å². The minimum atomic E-state index is -0.538. The van der Waals surface area contributed by atoms with Gasteiger partial charge in [-0.15, -0.1) is 0 Å². The lowest BCUT2D eigenvalue weighted by Gasteiger charge is -2.11. The lowest BCUT2D eigenvalue weighted by Crippen LogP contribution is -2.01. The van der Waals surface area contributed by atoms with E-state index in [1.165, 1.54) is 6.07 Å². The second-order valence-electron chi connectivity index (χ2n) is 3.13. The largest absolute Gasteiger partial charge is 0.486 e. The molecule has 0 amide bonds. The Morgan fingerprint density at radius 2 is 1.76 bits per heavy atom. The fourth-order valence-corrected chi connectivity index (χ4v) is 1.28. The zero-order chi connectivity index (χ0) is 12.7. The van der Waals surface area contributed by atoms with Crippen LogP contribution in [-0.2, 0) is 0 Å². The zero-order valence-electron chi connectivity index (χ0n) is 9.32. The van der Waals surface area contributed by atoms with Crippen LogP contribution in [0.3, 0.4) is 0 Å². The number of hydrogen-bond donors (Lipinski definition) is 0. The number of benzene rings is 1. The maximum Gasteiger partial charge on any atom is 0.252 e. The molecular weight excluding hydrogens is 240 g/mol. The van der Waals surface area contributed by atoms with E-state index in [4.69, 9.17) is 21.1 Å². The van der Waals surface area contributed by atoms with E-state index in [1.54, 1.807) is 24.3 Å². The van der Waals surface area contributed by atoms with Gasteiger partial charge >= 0.3 is 0 Å². The van der Waals surface area contributed by atoms with Crippen molar-refractivity contribution >= 4 is 16.8 Å². The summed E-state index contributed by atoms with van der Waals surface area (Å²) in [5, 5.41) is -0.538. The van der Waals surface area contributed by atoms with E-state index in [1.807, 2.05) is 0 Å². The molecule has 1 aromatic carbocycles. The molecule has 3 nitrogen and oxygen atoms in total. The summed E-state index contributed by atoms with van der Waals surface area (Å²) in [6.07, 6.45) is 3.23. The smallest absolute Gasteiger partial charge is 0.252 e. The highest BCUT2D eigenvalue weighted by Gasteiger charge is 2.09. The molecule has 1 aromatic rings. The van der Waals surface area contributed by atoms with Gasteiger partial charge in [0.05, 0.1) is 0 Å². The molecular formula is C13H13ClO3. The van der Waals surface area contributed by atoms with Crippen molar-refractivity contribution in [3.8, 4) is 11.5 Å². The van der Waals surface area contributed by atoms with Crippen molar-refractivity contribution in [2.24, 2.45) is 0 Å². The summed E-state index contributed by atoms with van der Waals surface area (Å²) in [5.41, 5.74) is 0.358. The van der Waals surface area contributed by atoms with Crippen molar-refractivity contribution in [2.45, 2.75) is 0 Å². The van der Waals surface area contributed by atoms with Gasteiger partial charge in [0.25, 0.3) is 5.24 Å². The second-order valence-corrected chi connectivity index (χ2v) is 3.48. The number of carbonyl (C=O) groups is 1. The van der Waals surface area contributed by atoms with E-state index in [2.05, 4.69) is 13.2 Å². The van der Waals surface area contributed by atoms with Crippen molar-refractivity contribution in [1.82, 2.24) is 0 Å². The summed E-state index contributed by atoms with van der Waals surface area (Å²) in [4.78, 5) is 11.0. The van der Waals surface area contributed by atoms with E-state index >= 15 is 0 Å². The molecule has 0 fully saturated rings. The van der Waals surface area contributed by atoms with Crippen LogP contribution in [0.2, 0.25) is 0 Å². The van der Waals surface area contributed by atoms with E-state index in [0.717, 1.165) is 0 Å². The molecule has 0 unspecified atom stereocenters. The maximum absolute atomic E-state index is 11.0. The normalized spacial score (nSPS) is 9.47. The first-order chi connectivity index (χ1) is 8.19. The average molecular weight is 253 g/mol. The van der Waals surface area contributed by atoms with E-state index in [0.29, 0.717) is 30.3 Å². The Balaban J connectivity index is 2.97. The number of carbonyl (C=O) groups excluding carboxylic acids is 1. The Bertz CT molecular complexity index is 427. The van der Waals surface area contributed by atoms with Gasteiger partial charge in [-0.2, -0.15) is 0 Å². The summed E-state index contributed by atoms with van der Waals surface area (Å²) >= 11 is 5.39. The fourth-order valence-electron chi connectivity index (χ4n) is 1.16. The number of ether oxygens (including phenoxy) is 2. The van der Waals surface area contributed by atoms with Gasteiger partial charge in [-0.1, -0.05) is 25.3 Å². The van der Waals surface area contributed by atoms with Gasteiger partial charge in [-0.25, -0.2) is 0 Å². The molecule has 0 N–H and O–H groups in total. The van der Waals surface area contributed by atoms with Crippen LogP contribution in [-0.4, -0.2) is 18.5 Å². The third-order valence-corrected chi connectivity index (χ3v) is 2.10. The van der Waals surface area contributed by atoms with Crippen molar-refractivity contribution in [2.75, 3.05) is 13.2 Å². The molecule has 4 heteroatoms. The molecule has 0 atom stereocenters. The van der Waals surface area contributed by atoms with Crippen molar-refractivity contribution in [3.63, 3.8) is 0 Å². The van der Waals surface area contributed by atoms with Crippen LogP contribution in [0.5, 0.6) is 11.5 Å². The summed E-state index contributed by atoms with van der Waals surface area (Å²) in [5.74, 6) is 0.992. The number of rotatable bonds is 7.